The highest BCUT2D eigenvalue weighted by molar-refractivity contribution is 9.10. The molecule has 0 unspecified atom stereocenters. The van der Waals surface area contributed by atoms with Gasteiger partial charge in [0.1, 0.15) is 0 Å². The minimum atomic E-state index is 1.20. The van der Waals surface area contributed by atoms with Crippen molar-refractivity contribution < 1.29 is 0 Å². The van der Waals surface area contributed by atoms with E-state index in [9.17, 15) is 0 Å². The van der Waals surface area contributed by atoms with Crippen LogP contribution in [0.4, 0.5) is 0 Å². The van der Waals surface area contributed by atoms with Crippen molar-refractivity contribution in [3.8, 4) is 0 Å². The van der Waals surface area contributed by atoms with Gasteiger partial charge >= 0.3 is 0 Å². The highest BCUT2D eigenvalue weighted by Crippen LogP contribution is 2.38. The molecule has 2 aromatic carbocycles. The summed E-state index contributed by atoms with van der Waals surface area (Å²) in [5, 5.41) is 2.70. The van der Waals surface area contributed by atoms with Gasteiger partial charge in [0.15, 0.2) is 0 Å². The van der Waals surface area contributed by atoms with Crippen LogP contribution in [0.3, 0.4) is 0 Å². The van der Waals surface area contributed by atoms with Crippen LogP contribution < -0.4 is 0 Å². The molecule has 0 radical (unpaired) electrons. The maximum Gasteiger partial charge on any atom is 0.0369 e. The van der Waals surface area contributed by atoms with Gasteiger partial charge in [-0.05, 0) is 30.7 Å². The molecule has 3 rings (SSSR count). The van der Waals surface area contributed by atoms with E-state index < -0.39 is 0 Å². The Bertz CT molecular complexity index is 652. The van der Waals surface area contributed by atoms with Crippen molar-refractivity contribution in [3.63, 3.8) is 0 Å². The van der Waals surface area contributed by atoms with Crippen LogP contribution in [0.15, 0.2) is 40.9 Å². The maximum atomic E-state index is 3.65. The van der Waals surface area contributed by atoms with Gasteiger partial charge in [-0.15, -0.1) is 11.3 Å². The third-order valence-corrected chi connectivity index (χ3v) is 4.32. The van der Waals surface area contributed by atoms with Gasteiger partial charge in [0.2, 0.25) is 0 Å². The summed E-state index contributed by atoms with van der Waals surface area (Å²) >= 11 is 5.51. The van der Waals surface area contributed by atoms with Crippen LogP contribution in [0.1, 0.15) is 5.56 Å². The summed E-state index contributed by atoms with van der Waals surface area (Å²) in [6, 6.07) is 13.0. The summed E-state index contributed by atoms with van der Waals surface area (Å²) in [7, 11) is 0. The zero-order valence-electron chi connectivity index (χ0n) is 8.25. The lowest BCUT2D eigenvalue weighted by molar-refractivity contribution is 1.50. The van der Waals surface area contributed by atoms with Crippen molar-refractivity contribution in [1.82, 2.24) is 0 Å². The van der Waals surface area contributed by atoms with Crippen LogP contribution in [-0.2, 0) is 0 Å². The lowest BCUT2D eigenvalue weighted by Gasteiger charge is -1.97. The number of hydrogen-bond donors (Lipinski definition) is 0. The molecule has 74 valence electrons. The minimum absolute atomic E-state index is 1.20. The summed E-state index contributed by atoms with van der Waals surface area (Å²) in [4.78, 5) is 0. The SMILES string of the molecule is Cc1cc(Br)c2c(c1)sc1ccccc12. The van der Waals surface area contributed by atoms with Gasteiger partial charge in [0.25, 0.3) is 0 Å². The standard InChI is InChI=1S/C13H9BrS/c1-8-6-10(14)13-9-4-2-3-5-11(9)15-12(13)7-8/h2-7H,1H3. The Labute approximate surface area is 101 Å². The molecule has 1 aromatic heterocycles. The maximum absolute atomic E-state index is 3.65. The number of rotatable bonds is 0. The largest absolute Gasteiger partial charge is 0.135 e. The van der Waals surface area contributed by atoms with E-state index in [1.807, 2.05) is 11.3 Å². The molecule has 0 saturated heterocycles. The lowest BCUT2D eigenvalue weighted by Crippen LogP contribution is -1.73. The third-order valence-electron chi connectivity index (χ3n) is 2.57. The highest BCUT2D eigenvalue weighted by atomic mass is 79.9. The first-order valence-electron chi connectivity index (χ1n) is 4.83. The predicted molar refractivity (Wildman–Crippen MR) is 71.8 cm³/mol. The van der Waals surface area contributed by atoms with E-state index in [-0.39, 0.29) is 0 Å². The summed E-state index contributed by atoms with van der Waals surface area (Å²) in [5.74, 6) is 0. The van der Waals surface area contributed by atoms with Gasteiger partial charge in [0, 0.05) is 24.6 Å². The fourth-order valence-corrected chi connectivity index (χ4v) is 4.08. The monoisotopic (exact) mass is 276 g/mol. The Kier molecular flexibility index (Phi) is 2.08. The summed E-state index contributed by atoms with van der Waals surface area (Å²) < 4.78 is 3.93. The second-order valence-electron chi connectivity index (χ2n) is 3.72. The predicted octanol–water partition coefficient (Wildman–Crippen LogP) is 5.13. The van der Waals surface area contributed by atoms with Crippen LogP contribution in [0.2, 0.25) is 0 Å². The van der Waals surface area contributed by atoms with Gasteiger partial charge in [-0.3, -0.25) is 0 Å². The molecule has 0 atom stereocenters. The highest BCUT2D eigenvalue weighted by Gasteiger charge is 2.07. The van der Waals surface area contributed by atoms with Gasteiger partial charge in [-0.2, -0.15) is 0 Å². The van der Waals surface area contributed by atoms with Crippen LogP contribution in [0.25, 0.3) is 20.2 Å². The van der Waals surface area contributed by atoms with Gasteiger partial charge in [-0.25, -0.2) is 0 Å². The molecule has 0 bridgehead atoms. The van der Waals surface area contributed by atoms with Crippen molar-refractivity contribution >= 4 is 47.4 Å². The number of aryl methyl sites for hydroxylation is 1. The van der Waals surface area contributed by atoms with Gasteiger partial charge < -0.3 is 0 Å². The van der Waals surface area contributed by atoms with Crippen LogP contribution in [-0.4, -0.2) is 0 Å². The third kappa shape index (κ3) is 1.40. The van der Waals surface area contributed by atoms with E-state index in [4.69, 9.17) is 0 Å². The van der Waals surface area contributed by atoms with Crippen molar-refractivity contribution in [2.24, 2.45) is 0 Å². The average Bonchev–Trinajstić information content (AvgIpc) is 2.54. The Hall–Kier alpha value is -0.860. The topological polar surface area (TPSA) is 0 Å². The molecule has 2 heteroatoms. The molecular formula is C13H9BrS. The zero-order valence-corrected chi connectivity index (χ0v) is 10.7. The molecule has 3 aromatic rings. The van der Waals surface area contributed by atoms with Crippen molar-refractivity contribution in [1.29, 1.82) is 0 Å². The van der Waals surface area contributed by atoms with Crippen LogP contribution in [0.5, 0.6) is 0 Å². The minimum Gasteiger partial charge on any atom is -0.135 e. The molecule has 0 N–H and O–H groups in total. The Balaban J connectivity index is 2.61. The summed E-state index contributed by atoms with van der Waals surface area (Å²) in [5.41, 5.74) is 1.31. The normalized spacial score (nSPS) is 11.3. The van der Waals surface area contributed by atoms with Crippen molar-refractivity contribution in [2.75, 3.05) is 0 Å². The van der Waals surface area contributed by atoms with Gasteiger partial charge in [0.05, 0.1) is 0 Å². The Morgan fingerprint density at radius 1 is 1.07 bits per heavy atom. The smallest absolute Gasteiger partial charge is 0.0369 e. The molecule has 0 amide bonds. The summed E-state index contributed by atoms with van der Waals surface area (Å²) in [6.45, 7) is 2.13. The van der Waals surface area contributed by atoms with Crippen molar-refractivity contribution in [3.05, 3.63) is 46.4 Å². The first-order chi connectivity index (χ1) is 7.25. The molecule has 0 nitrogen and oxygen atoms in total. The molecule has 0 fully saturated rings. The fourth-order valence-electron chi connectivity index (χ4n) is 1.93. The number of thiophene rings is 1. The van der Waals surface area contributed by atoms with E-state index in [0.717, 1.165) is 0 Å². The number of benzene rings is 2. The molecule has 0 spiro atoms. The second kappa shape index (κ2) is 3.32. The molecule has 0 saturated carbocycles. The van der Waals surface area contributed by atoms with E-state index in [1.165, 1.54) is 30.2 Å². The number of hydrogen-bond acceptors (Lipinski definition) is 1. The van der Waals surface area contributed by atoms with Gasteiger partial charge in [-0.1, -0.05) is 34.1 Å². The molecule has 0 aliphatic carbocycles. The zero-order chi connectivity index (χ0) is 10.4. The Morgan fingerprint density at radius 3 is 2.73 bits per heavy atom. The molecule has 0 aliphatic heterocycles. The lowest BCUT2D eigenvalue weighted by atomic mass is 10.1. The average molecular weight is 277 g/mol. The van der Waals surface area contributed by atoms with Crippen molar-refractivity contribution in [2.45, 2.75) is 6.92 Å². The quantitative estimate of drug-likeness (QED) is 0.534. The number of halogens is 1. The molecule has 15 heavy (non-hydrogen) atoms. The molecule has 1 heterocycles. The Morgan fingerprint density at radius 2 is 1.87 bits per heavy atom. The first kappa shape index (κ1) is 9.37. The summed E-state index contributed by atoms with van der Waals surface area (Å²) in [6.07, 6.45) is 0. The van der Waals surface area contributed by atoms with E-state index in [0.29, 0.717) is 0 Å². The second-order valence-corrected chi connectivity index (χ2v) is 5.66. The fraction of sp³-hybridized carbons (Fsp3) is 0.0769. The van der Waals surface area contributed by atoms with Crippen LogP contribution >= 0.6 is 27.3 Å². The molecular weight excluding hydrogens is 268 g/mol. The molecule has 0 aliphatic rings. The van der Waals surface area contributed by atoms with E-state index in [2.05, 4.69) is 59.3 Å². The van der Waals surface area contributed by atoms with E-state index >= 15 is 0 Å². The number of fused-ring (bicyclic) bond motifs is 3. The van der Waals surface area contributed by atoms with Crippen LogP contribution in [0, 0.1) is 6.92 Å². The van der Waals surface area contributed by atoms with E-state index in [1.54, 1.807) is 0 Å². The first-order valence-corrected chi connectivity index (χ1v) is 6.44.